The highest BCUT2D eigenvalue weighted by Crippen LogP contribution is 2.29. The predicted molar refractivity (Wildman–Crippen MR) is 103 cm³/mol. The summed E-state index contributed by atoms with van der Waals surface area (Å²) >= 11 is 0. The van der Waals surface area contributed by atoms with Gasteiger partial charge in [-0.3, -0.25) is 9.59 Å². The third-order valence-electron chi connectivity index (χ3n) is 4.81. The number of nitrogens with two attached hydrogens (primary N) is 1. The van der Waals surface area contributed by atoms with Crippen LogP contribution in [0.4, 0.5) is 11.8 Å². The number of carbonyl (C=O) groups excluding carboxylic acids is 1. The minimum atomic E-state index is -1.25. The zero-order chi connectivity index (χ0) is 21.4. The van der Waals surface area contributed by atoms with Crippen molar-refractivity contribution in [3.63, 3.8) is 0 Å². The number of anilines is 2. The zero-order valence-corrected chi connectivity index (χ0v) is 16.1. The molecule has 1 aromatic heterocycles. The SMILES string of the molecule is Nc1ncc2c(n1)NC[C@@](O)(CCCCCC(=O)N[C@@H](CCC(=O)O)C(=O)O)C2. The molecule has 0 aliphatic carbocycles. The Morgan fingerprint density at radius 3 is 2.69 bits per heavy atom. The second kappa shape index (κ2) is 10.0. The first kappa shape index (κ1) is 22.3. The lowest BCUT2D eigenvalue weighted by Gasteiger charge is -2.33. The number of aliphatic hydroxyl groups is 1. The van der Waals surface area contributed by atoms with Gasteiger partial charge in [0.1, 0.15) is 11.9 Å². The highest BCUT2D eigenvalue weighted by Gasteiger charge is 2.32. The lowest BCUT2D eigenvalue weighted by molar-refractivity contribution is -0.143. The second-order valence-corrected chi connectivity index (χ2v) is 7.31. The van der Waals surface area contributed by atoms with Gasteiger partial charge in [0.15, 0.2) is 0 Å². The molecular formula is C18H27N5O6. The summed E-state index contributed by atoms with van der Waals surface area (Å²) in [5, 5.41) is 33.8. The summed E-state index contributed by atoms with van der Waals surface area (Å²) in [5.74, 6) is -1.98. The number of rotatable bonds is 11. The summed E-state index contributed by atoms with van der Waals surface area (Å²) < 4.78 is 0. The van der Waals surface area contributed by atoms with E-state index in [1.165, 1.54) is 0 Å². The van der Waals surface area contributed by atoms with Crippen LogP contribution in [-0.4, -0.2) is 61.3 Å². The van der Waals surface area contributed by atoms with Gasteiger partial charge in [-0.25, -0.2) is 9.78 Å². The number of carbonyl (C=O) groups is 3. The molecule has 11 heteroatoms. The molecule has 0 radical (unpaired) electrons. The molecule has 1 amide bonds. The molecule has 2 heterocycles. The van der Waals surface area contributed by atoms with Crippen molar-refractivity contribution in [3.05, 3.63) is 11.8 Å². The number of aromatic nitrogens is 2. The molecule has 0 saturated heterocycles. The van der Waals surface area contributed by atoms with Gasteiger partial charge in [-0.2, -0.15) is 4.98 Å². The van der Waals surface area contributed by atoms with Gasteiger partial charge < -0.3 is 31.7 Å². The fourth-order valence-electron chi connectivity index (χ4n) is 3.25. The molecule has 2 atom stereocenters. The smallest absolute Gasteiger partial charge is 0.326 e. The van der Waals surface area contributed by atoms with Gasteiger partial charge in [0.05, 0.1) is 5.60 Å². The molecule has 0 saturated carbocycles. The topological polar surface area (TPSA) is 188 Å². The molecule has 11 nitrogen and oxygen atoms in total. The molecule has 7 N–H and O–H groups in total. The van der Waals surface area contributed by atoms with Crippen LogP contribution in [-0.2, 0) is 20.8 Å². The maximum atomic E-state index is 11.9. The molecule has 0 spiro atoms. The minimum absolute atomic E-state index is 0.142. The molecule has 2 rings (SSSR count). The highest BCUT2D eigenvalue weighted by molar-refractivity contribution is 5.83. The molecule has 1 aliphatic heterocycles. The summed E-state index contributed by atoms with van der Waals surface area (Å²) in [4.78, 5) is 41.6. The Hall–Kier alpha value is -2.95. The molecule has 0 unspecified atom stereocenters. The van der Waals surface area contributed by atoms with Crippen LogP contribution in [0.5, 0.6) is 0 Å². The van der Waals surface area contributed by atoms with E-state index in [0.29, 0.717) is 44.5 Å². The van der Waals surface area contributed by atoms with Gasteiger partial charge in [-0.05, 0) is 19.3 Å². The molecule has 0 aromatic carbocycles. The molecule has 160 valence electrons. The fourth-order valence-corrected chi connectivity index (χ4v) is 3.25. The van der Waals surface area contributed by atoms with Crippen LogP contribution < -0.4 is 16.4 Å². The predicted octanol–water partition coefficient (Wildman–Crippen LogP) is 0.143. The maximum Gasteiger partial charge on any atom is 0.326 e. The van der Waals surface area contributed by atoms with Crippen LogP contribution >= 0.6 is 0 Å². The van der Waals surface area contributed by atoms with E-state index in [4.69, 9.17) is 15.9 Å². The summed E-state index contributed by atoms with van der Waals surface area (Å²) in [6.45, 7) is 0.348. The van der Waals surface area contributed by atoms with E-state index in [1.54, 1.807) is 6.20 Å². The molecule has 29 heavy (non-hydrogen) atoms. The number of carboxylic acid groups (broad SMARTS) is 2. The quantitative estimate of drug-likeness (QED) is 0.274. The summed E-state index contributed by atoms with van der Waals surface area (Å²) in [6, 6.07) is -1.20. The molecule has 1 aliphatic rings. The molecule has 0 bridgehead atoms. The second-order valence-electron chi connectivity index (χ2n) is 7.31. The van der Waals surface area contributed by atoms with Crippen molar-refractivity contribution in [2.24, 2.45) is 0 Å². The van der Waals surface area contributed by atoms with Crippen LogP contribution in [0.25, 0.3) is 0 Å². The maximum absolute atomic E-state index is 11.9. The minimum Gasteiger partial charge on any atom is -0.481 e. The van der Waals surface area contributed by atoms with E-state index in [0.717, 1.165) is 5.56 Å². The van der Waals surface area contributed by atoms with E-state index in [9.17, 15) is 19.5 Å². The van der Waals surface area contributed by atoms with Gasteiger partial charge in [-0.15, -0.1) is 0 Å². The fraction of sp³-hybridized carbons (Fsp3) is 0.611. The van der Waals surface area contributed by atoms with E-state index >= 15 is 0 Å². The lowest BCUT2D eigenvalue weighted by Crippen LogP contribution is -2.43. The van der Waals surface area contributed by atoms with E-state index in [1.807, 2.05) is 0 Å². The normalized spacial score (nSPS) is 18.9. The summed E-state index contributed by atoms with van der Waals surface area (Å²) in [7, 11) is 0. The average Bonchev–Trinajstić information content (AvgIpc) is 2.64. The number of aliphatic carboxylic acids is 2. The van der Waals surface area contributed by atoms with Crippen LogP contribution in [0.3, 0.4) is 0 Å². The highest BCUT2D eigenvalue weighted by atomic mass is 16.4. The Labute approximate surface area is 167 Å². The summed E-state index contributed by atoms with van der Waals surface area (Å²) in [6.07, 6.45) is 4.12. The number of β-amino-alcohol motifs (C(OH)–C–C–N with tert-alkyl or cyclic N) is 1. The van der Waals surface area contributed by atoms with Crippen LogP contribution in [0, 0.1) is 0 Å². The van der Waals surface area contributed by atoms with Crippen molar-refractivity contribution in [2.75, 3.05) is 17.6 Å². The molecular weight excluding hydrogens is 382 g/mol. The number of unbranched alkanes of at least 4 members (excludes halogenated alkanes) is 2. The van der Waals surface area contributed by atoms with Crippen molar-refractivity contribution in [2.45, 2.75) is 63.0 Å². The van der Waals surface area contributed by atoms with Gasteiger partial charge in [-0.1, -0.05) is 12.8 Å². The number of nitrogens with one attached hydrogen (secondary N) is 2. The van der Waals surface area contributed by atoms with Crippen molar-refractivity contribution in [3.8, 4) is 0 Å². The molecule has 0 fully saturated rings. The van der Waals surface area contributed by atoms with Crippen molar-refractivity contribution in [1.82, 2.24) is 15.3 Å². The Bertz CT molecular complexity index is 758. The van der Waals surface area contributed by atoms with E-state index in [2.05, 4.69) is 20.6 Å². The first-order valence-electron chi connectivity index (χ1n) is 9.50. The standard InChI is InChI=1S/C18H27N5O6/c19-17-20-9-11-8-18(29,10-21-15(11)23-17)7-3-1-2-4-13(24)22-12(16(27)28)5-6-14(25)26/h9,12,29H,1-8,10H2,(H,22,24)(H,25,26)(H,27,28)(H3,19,20,21,23)/t12-,18+/m0/s1. The van der Waals surface area contributed by atoms with Crippen molar-refractivity contribution < 1.29 is 29.7 Å². The monoisotopic (exact) mass is 409 g/mol. The lowest BCUT2D eigenvalue weighted by atomic mass is 9.87. The van der Waals surface area contributed by atoms with Gasteiger partial charge >= 0.3 is 11.9 Å². The molecule has 1 aromatic rings. The van der Waals surface area contributed by atoms with Gasteiger partial charge in [0, 0.05) is 37.6 Å². The van der Waals surface area contributed by atoms with Gasteiger partial charge in [0.2, 0.25) is 11.9 Å². The number of carboxylic acids is 2. The number of fused-ring (bicyclic) bond motifs is 1. The Kier molecular flexibility index (Phi) is 7.71. The Morgan fingerprint density at radius 2 is 2.00 bits per heavy atom. The number of amides is 1. The van der Waals surface area contributed by atoms with E-state index in [-0.39, 0.29) is 25.2 Å². The Morgan fingerprint density at radius 1 is 1.24 bits per heavy atom. The summed E-state index contributed by atoms with van der Waals surface area (Å²) in [5.41, 5.74) is 5.42. The largest absolute Gasteiger partial charge is 0.481 e. The average molecular weight is 409 g/mol. The number of nitrogen functional groups attached to an aromatic ring is 1. The van der Waals surface area contributed by atoms with Crippen molar-refractivity contribution in [1.29, 1.82) is 0 Å². The first-order chi connectivity index (χ1) is 13.7. The number of hydrogen-bond donors (Lipinski definition) is 6. The van der Waals surface area contributed by atoms with E-state index < -0.39 is 29.5 Å². The zero-order valence-electron chi connectivity index (χ0n) is 16.1. The van der Waals surface area contributed by atoms with Crippen molar-refractivity contribution >= 4 is 29.6 Å². The van der Waals surface area contributed by atoms with Crippen LogP contribution in [0.1, 0.15) is 50.5 Å². The first-order valence-corrected chi connectivity index (χ1v) is 9.50. The van der Waals surface area contributed by atoms with Crippen LogP contribution in [0.15, 0.2) is 6.20 Å². The number of nitrogens with zero attached hydrogens (tertiary/aromatic N) is 2. The van der Waals surface area contributed by atoms with Gasteiger partial charge in [0.25, 0.3) is 0 Å². The number of hydrogen-bond acceptors (Lipinski definition) is 8. The Balaban J connectivity index is 1.68. The third kappa shape index (κ3) is 7.18. The van der Waals surface area contributed by atoms with Crippen LogP contribution in [0.2, 0.25) is 0 Å². The third-order valence-corrected chi connectivity index (χ3v) is 4.81.